The van der Waals surface area contributed by atoms with Gasteiger partial charge in [-0.15, -0.1) is 11.3 Å². The maximum absolute atomic E-state index is 2.69. The summed E-state index contributed by atoms with van der Waals surface area (Å²) in [6, 6.07) is 26.4. The maximum Gasteiger partial charge on any atom is 0.254 e. The minimum Gasteiger partial charge on any atom is -0.311 e. The van der Waals surface area contributed by atoms with E-state index in [1.165, 1.54) is 101 Å². The van der Waals surface area contributed by atoms with Gasteiger partial charge in [0.25, 0.3) is 6.71 Å². The lowest BCUT2D eigenvalue weighted by Crippen LogP contribution is -2.62. The topological polar surface area (TPSA) is 6.48 Å². The highest BCUT2D eigenvalue weighted by atomic mass is 32.1. The molecule has 1 unspecified atom stereocenters. The zero-order valence-electron chi connectivity index (χ0n) is 36.0. The summed E-state index contributed by atoms with van der Waals surface area (Å²) in [6.07, 6.45) is 9.59. The Morgan fingerprint density at radius 3 is 2.18 bits per heavy atom. The van der Waals surface area contributed by atoms with Crippen LogP contribution in [0.4, 0.5) is 27.8 Å². The van der Waals surface area contributed by atoms with Crippen LogP contribution in [0.15, 0.2) is 90.7 Å². The predicted molar refractivity (Wildman–Crippen MR) is 245 cm³/mol. The number of anilines is 5. The second-order valence-corrected chi connectivity index (χ2v) is 21.3. The molecule has 1 aromatic heterocycles. The van der Waals surface area contributed by atoms with Gasteiger partial charge in [-0.25, -0.2) is 0 Å². The zero-order valence-corrected chi connectivity index (χ0v) is 36.8. The van der Waals surface area contributed by atoms with Gasteiger partial charge in [-0.3, -0.25) is 0 Å². The van der Waals surface area contributed by atoms with Crippen molar-refractivity contribution in [1.82, 2.24) is 0 Å². The van der Waals surface area contributed by atoms with Crippen LogP contribution in [0.3, 0.4) is 0 Å². The van der Waals surface area contributed by atoms with Gasteiger partial charge in [0.05, 0.1) is 5.00 Å². The largest absolute Gasteiger partial charge is 0.311 e. The van der Waals surface area contributed by atoms with Gasteiger partial charge in [0.1, 0.15) is 0 Å². The number of thiophene rings is 1. The Balaban J connectivity index is 1.51. The molecule has 0 amide bonds. The summed E-state index contributed by atoms with van der Waals surface area (Å²) in [5.74, 6) is 0.417. The Morgan fingerprint density at radius 1 is 0.818 bits per heavy atom. The SMILES string of the molecule is C/C=C(\C=C/C(C)C(C)(C)C)N1c2cc(C)cc3c2B(c2ccc4c(c21)C(C)(C)CCC4(C)C)c1c(sc2ccccc12)N3c1ccc(C(C)(C)C)cc1C. The fourth-order valence-electron chi connectivity index (χ4n) is 9.53. The lowest BCUT2D eigenvalue weighted by Gasteiger charge is -2.49. The van der Waals surface area contributed by atoms with Crippen LogP contribution in [-0.4, -0.2) is 6.71 Å². The quantitative estimate of drug-likeness (QED) is 0.131. The van der Waals surface area contributed by atoms with Crippen LogP contribution < -0.4 is 26.2 Å². The number of allylic oxidation sites excluding steroid dienone is 3. The molecule has 284 valence electrons. The third-order valence-electron chi connectivity index (χ3n) is 13.5. The van der Waals surface area contributed by atoms with E-state index in [9.17, 15) is 0 Å². The monoisotopic (exact) mass is 744 g/mol. The van der Waals surface area contributed by atoms with Crippen LogP contribution in [-0.2, 0) is 16.2 Å². The molecule has 3 heterocycles. The smallest absolute Gasteiger partial charge is 0.254 e. The minimum absolute atomic E-state index is 0.0199. The van der Waals surface area contributed by atoms with Gasteiger partial charge in [-0.2, -0.15) is 0 Å². The number of hydrogen-bond donors (Lipinski definition) is 0. The second-order valence-electron chi connectivity index (χ2n) is 20.3. The van der Waals surface area contributed by atoms with Crippen molar-refractivity contribution in [2.24, 2.45) is 11.3 Å². The van der Waals surface area contributed by atoms with Crippen molar-refractivity contribution >= 4 is 72.3 Å². The summed E-state index contributed by atoms with van der Waals surface area (Å²) >= 11 is 1.96. The molecule has 1 atom stereocenters. The normalized spacial score (nSPS) is 18.0. The fourth-order valence-corrected chi connectivity index (χ4v) is 10.8. The lowest BCUT2D eigenvalue weighted by molar-refractivity contribution is 0.314. The van der Waals surface area contributed by atoms with E-state index in [1.54, 1.807) is 0 Å². The molecule has 0 saturated carbocycles. The van der Waals surface area contributed by atoms with E-state index in [-0.39, 0.29) is 28.4 Å². The minimum atomic E-state index is 0.0199. The maximum atomic E-state index is 2.69. The van der Waals surface area contributed by atoms with Crippen molar-refractivity contribution in [3.8, 4) is 0 Å². The van der Waals surface area contributed by atoms with Gasteiger partial charge in [-0.05, 0) is 141 Å². The zero-order chi connectivity index (χ0) is 39.6. The first-order valence-electron chi connectivity index (χ1n) is 20.6. The molecule has 5 aromatic rings. The van der Waals surface area contributed by atoms with Crippen LogP contribution in [0.2, 0.25) is 0 Å². The van der Waals surface area contributed by atoms with E-state index in [1.807, 2.05) is 11.3 Å². The standard InChI is InChI=1S/C51H61BN2S/c1-15-35(22-20-33(4)48(5,6)7)53-40-28-31(2)29-41-45(40)52(38-24-23-37-43(46(38)53)51(13,14)27-26-50(37,11)12)44-36-18-16-17-19-42(36)55-47(44)54(41)39-25-21-34(30-32(39)3)49(8,9)10/h15-25,28-30,33H,26-27H2,1-14H3/b22-20-,35-15+. The molecule has 0 bridgehead atoms. The van der Waals surface area contributed by atoms with Crippen molar-refractivity contribution < 1.29 is 0 Å². The van der Waals surface area contributed by atoms with Crippen molar-refractivity contribution in [3.05, 3.63) is 118 Å². The van der Waals surface area contributed by atoms with Crippen LogP contribution >= 0.6 is 11.3 Å². The van der Waals surface area contributed by atoms with Gasteiger partial charge < -0.3 is 9.80 Å². The molecule has 4 aromatic carbocycles. The number of hydrogen-bond acceptors (Lipinski definition) is 3. The molecule has 0 saturated heterocycles. The van der Waals surface area contributed by atoms with Crippen molar-refractivity contribution in [1.29, 1.82) is 0 Å². The van der Waals surface area contributed by atoms with Crippen LogP contribution in [0.1, 0.15) is 124 Å². The molecule has 1 aliphatic carbocycles. The fraction of sp³-hybridized carbons (Fsp3) is 0.412. The Bertz CT molecular complexity index is 2420. The molecular formula is C51H61BN2S. The van der Waals surface area contributed by atoms with E-state index < -0.39 is 0 Å². The summed E-state index contributed by atoms with van der Waals surface area (Å²) < 4.78 is 1.35. The first-order chi connectivity index (χ1) is 25.7. The molecule has 0 N–H and O–H groups in total. The molecular weight excluding hydrogens is 683 g/mol. The molecule has 0 fully saturated rings. The highest BCUT2D eigenvalue weighted by Crippen LogP contribution is 2.54. The van der Waals surface area contributed by atoms with Crippen LogP contribution in [0.5, 0.6) is 0 Å². The molecule has 4 heteroatoms. The predicted octanol–water partition coefficient (Wildman–Crippen LogP) is 13.1. The molecule has 55 heavy (non-hydrogen) atoms. The van der Waals surface area contributed by atoms with Gasteiger partial charge >= 0.3 is 0 Å². The summed E-state index contributed by atoms with van der Waals surface area (Å²) in [6.45, 7) is 33.2. The summed E-state index contributed by atoms with van der Waals surface area (Å²) in [5.41, 5.74) is 18.2. The van der Waals surface area contributed by atoms with Gasteiger partial charge in [0, 0.05) is 33.1 Å². The molecule has 3 aliphatic rings. The van der Waals surface area contributed by atoms with E-state index in [0.29, 0.717) is 5.92 Å². The first-order valence-corrected chi connectivity index (χ1v) is 21.5. The third-order valence-corrected chi connectivity index (χ3v) is 14.6. The third kappa shape index (κ3) is 5.96. The average molecular weight is 745 g/mol. The second kappa shape index (κ2) is 12.8. The van der Waals surface area contributed by atoms with Gasteiger partial charge in [0.2, 0.25) is 0 Å². The Kier molecular flexibility index (Phi) is 8.78. The van der Waals surface area contributed by atoms with E-state index in [2.05, 4.69) is 192 Å². The van der Waals surface area contributed by atoms with E-state index in [4.69, 9.17) is 0 Å². The number of benzene rings is 4. The molecule has 2 nitrogen and oxygen atoms in total. The highest BCUT2D eigenvalue weighted by Gasteiger charge is 2.49. The Hall–Kier alpha value is -4.02. The molecule has 8 rings (SSSR count). The Labute approximate surface area is 336 Å². The van der Waals surface area contributed by atoms with Crippen molar-refractivity contribution in [3.63, 3.8) is 0 Å². The van der Waals surface area contributed by atoms with Gasteiger partial charge in [0.15, 0.2) is 0 Å². The summed E-state index contributed by atoms with van der Waals surface area (Å²) in [4.78, 5) is 5.32. The highest BCUT2D eigenvalue weighted by molar-refractivity contribution is 7.26. The lowest BCUT2D eigenvalue weighted by atomic mass is 9.33. The van der Waals surface area contributed by atoms with Crippen LogP contribution in [0, 0.1) is 25.2 Å². The first kappa shape index (κ1) is 37.9. The number of fused-ring (bicyclic) bond motifs is 8. The Morgan fingerprint density at radius 2 is 1.51 bits per heavy atom. The average Bonchev–Trinajstić information content (AvgIpc) is 3.49. The van der Waals surface area contributed by atoms with Crippen molar-refractivity contribution in [2.45, 2.75) is 126 Å². The number of aryl methyl sites for hydroxylation is 2. The number of nitrogens with zero attached hydrogens (tertiary/aromatic N) is 2. The van der Waals surface area contributed by atoms with E-state index in [0.717, 1.165) is 0 Å². The number of rotatable bonds is 4. The molecule has 0 spiro atoms. The van der Waals surface area contributed by atoms with Crippen LogP contribution in [0.25, 0.3) is 10.1 Å². The molecule has 2 aliphatic heterocycles. The van der Waals surface area contributed by atoms with Gasteiger partial charge in [-0.1, -0.05) is 131 Å². The van der Waals surface area contributed by atoms with E-state index >= 15 is 0 Å². The van der Waals surface area contributed by atoms with Crippen molar-refractivity contribution in [2.75, 3.05) is 9.80 Å². The summed E-state index contributed by atoms with van der Waals surface area (Å²) in [7, 11) is 0. The summed E-state index contributed by atoms with van der Waals surface area (Å²) in [5, 5.41) is 2.73. The molecule has 0 radical (unpaired) electrons.